The van der Waals surface area contributed by atoms with Gasteiger partial charge in [-0.1, -0.05) is 20.3 Å². The van der Waals surface area contributed by atoms with Gasteiger partial charge in [0.1, 0.15) is 0 Å². The second-order valence-corrected chi connectivity index (χ2v) is 4.64. The molecule has 94 valence electrons. The molecule has 2 N–H and O–H groups in total. The van der Waals surface area contributed by atoms with Crippen molar-refractivity contribution >= 4 is 0 Å². The molecule has 2 unspecified atom stereocenters. The topological polar surface area (TPSA) is 75.1 Å². The van der Waals surface area contributed by atoms with Crippen LogP contribution in [0.3, 0.4) is 0 Å². The molecule has 1 heterocycles. The number of aromatic hydroxyl groups is 1. The van der Waals surface area contributed by atoms with Crippen LogP contribution in [-0.4, -0.2) is 14.7 Å². The molecule has 0 bridgehead atoms. The SMILES string of the molecule is CCCC1CC1n1c(O)c(CC)c(=O)[nH]c1=O. The summed E-state index contributed by atoms with van der Waals surface area (Å²) in [5.74, 6) is 0.309. The third-order valence-corrected chi connectivity index (χ3v) is 3.44. The van der Waals surface area contributed by atoms with Crippen LogP contribution in [0.15, 0.2) is 9.59 Å². The summed E-state index contributed by atoms with van der Waals surface area (Å²) in [7, 11) is 0. The van der Waals surface area contributed by atoms with Crippen molar-refractivity contribution in [3.05, 3.63) is 26.4 Å². The molecule has 17 heavy (non-hydrogen) atoms. The van der Waals surface area contributed by atoms with Gasteiger partial charge in [0.2, 0.25) is 5.88 Å². The van der Waals surface area contributed by atoms with E-state index in [4.69, 9.17) is 0 Å². The molecule has 5 heteroatoms. The molecule has 0 aliphatic heterocycles. The lowest BCUT2D eigenvalue weighted by atomic mass is 10.2. The second-order valence-electron chi connectivity index (χ2n) is 4.64. The predicted octanol–water partition coefficient (Wildman–Crippen LogP) is 1.17. The summed E-state index contributed by atoms with van der Waals surface area (Å²) >= 11 is 0. The van der Waals surface area contributed by atoms with Crippen molar-refractivity contribution in [2.75, 3.05) is 0 Å². The first-order valence-electron chi connectivity index (χ1n) is 6.16. The minimum atomic E-state index is -0.492. The number of nitrogens with zero attached hydrogens (tertiary/aromatic N) is 1. The Balaban J connectivity index is 2.42. The molecule has 1 saturated carbocycles. The Morgan fingerprint density at radius 3 is 2.71 bits per heavy atom. The number of hydrogen-bond donors (Lipinski definition) is 2. The maximum absolute atomic E-state index is 11.7. The monoisotopic (exact) mass is 238 g/mol. The fraction of sp³-hybridized carbons (Fsp3) is 0.667. The van der Waals surface area contributed by atoms with E-state index in [1.54, 1.807) is 6.92 Å². The molecule has 0 saturated heterocycles. The fourth-order valence-corrected chi connectivity index (χ4v) is 2.43. The summed E-state index contributed by atoms with van der Waals surface area (Å²) in [5.41, 5.74) is -0.668. The molecule has 0 radical (unpaired) electrons. The van der Waals surface area contributed by atoms with Gasteiger partial charge in [-0.05, 0) is 25.2 Å². The van der Waals surface area contributed by atoms with Crippen molar-refractivity contribution in [1.29, 1.82) is 0 Å². The van der Waals surface area contributed by atoms with Crippen LogP contribution in [-0.2, 0) is 6.42 Å². The molecule has 5 nitrogen and oxygen atoms in total. The molecule has 1 fully saturated rings. The van der Waals surface area contributed by atoms with Crippen molar-refractivity contribution in [3.63, 3.8) is 0 Å². The van der Waals surface area contributed by atoms with Gasteiger partial charge in [-0.3, -0.25) is 14.3 Å². The quantitative estimate of drug-likeness (QED) is 0.826. The van der Waals surface area contributed by atoms with Gasteiger partial charge in [0, 0.05) is 6.04 Å². The van der Waals surface area contributed by atoms with Crippen molar-refractivity contribution in [2.24, 2.45) is 5.92 Å². The maximum Gasteiger partial charge on any atom is 0.331 e. The van der Waals surface area contributed by atoms with Gasteiger partial charge in [-0.25, -0.2) is 4.79 Å². The van der Waals surface area contributed by atoms with Crippen LogP contribution >= 0.6 is 0 Å². The van der Waals surface area contributed by atoms with Crippen LogP contribution in [0.5, 0.6) is 5.88 Å². The molecule has 2 atom stereocenters. The molecule has 1 aromatic rings. The average Bonchev–Trinajstić information content (AvgIpc) is 2.97. The minimum absolute atomic E-state index is 0.0598. The van der Waals surface area contributed by atoms with E-state index in [9.17, 15) is 14.7 Å². The van der Waals surface area contributed by atoms with Gasteiger partial charge in [-0.2, -0.15) is 0 Å². The summed E-state index contributed by atoms with van der Waals surface area (Å²) in [6.07, 6.45) is 3.46. The Kier molecular flexibility index (Phi) is 3.09. The molecule has 2 rings (SSSR count). The zero-order valence-corrected chi connectivity index (χ0v) is 10.2. The molecular formula is C12H18N2O3. The third kappa shape index (κ3) is 2.01. The number of rotatable bonds is 4. The molecule has 1 aliphatic carbocycles. The third-order valence-electron chi connectivity index (χ3n) is 3.44. The van der Waals surface area contributed by atoms with Gasteiger partial charge < -0.3 is 5.11 Å². The van der Waals surface area contributed by atoms with Gasteiger partial charge in [0.05, 0.1) is 5.56 Å². The lowest BCUT2D eigenvalue weighted by Crippen LogP contribution is -2.32. The first-order valence-corrected chi connectivity index (χ1v) is 6.16. The Morgan fingerprint density at radius 2 is 2.12 bits per heavy atom. The van der Waals surface area contributed by atoms with E-state index in [1.165, 1.54) is 4.57 Å². The summed E-state index contributed by atoms with van der Waals surface area (Å²) < 4.78 is 1.35. The van der Waals surface area contributed by atoms with Crippen molar-refractivity contribution in [1.82, 2.24) is 9.55 Å². The predicted molar refractivity (Wildman–Crippen MR) is 64.4 cm³/mol. The van der Waals surface area contributed by atoms with Crippen molar-refractivity contribution in [2.45, 2.75) is 45.6 Å². The highest BCUT2D eigenvalue weighted by Gasteiger charge is 2.40. The van der Waals surface area contributed by atoms with Crippen LogP contribution in [0.25, 0.3) is 0 Å². The number of nitrogens with one attached hydrogen (secondary N) is 1. The Labute approximate surface area is 99.1 Å². The molecule has 0 amide bonds. The van der Waals surface area contributed by atoms with Crippen LogP contribution in [0.2, 0.25) is 0 Å². The van der Waals surface area contributed by atoms with E-state index in [-0.39, 0.29) is 11.9 Å². The van der Waals surface area contributed by atoms with E-state index in [0.29, 0.717) is 17.9 Å². The minimum Gasteiger partial charge on any atom is -0.494 e. The van der Waals surface area contributed by atoms with Crippen LogP contribution in [0, 0.1) is 5.92 Å². The second kappa shape index (κ2) is 4.39. The summed E-state index contributed by atoms with van der Waals surface area (Å²) in [6, 6.07) is 0.0598. The largest absolute Gasteiger partial charge is 0.494 e. The van der Waals surface area contributed by atoms with E-state index < -0.39 is 11.2 Å². The number of hydrogen-bond acceptors (Lipinski definition) is 3. The molecule has 0 aromatic carbocycles. The molecule has 1 aromatic heterocycles. The molecular weight excluding hydrogens is 220 g/mol. The van der Waals surface area contributed by atoms with Gasteiger partial charge >= 0.3 is 5.69 Å². The van der Waals surface area contributed by atoms with Crippen LogP contribution in [0.4, 0.5) is 0 Å². The zero-order valence-electron chi connectivity index (χ0n) is 10.2. The Bertz CT molecular complexity index is 530. The lowest BCUT2D eigenvalue weighted by Gasteiger charge is -2.10. The summed E-state index contributed by atoms with van der Waals surface area (Å²) in [6.45, 7) is 3.89. The highest BCUT2D eigenvalue weighted by molar-refractivity contribution is 5.24. The molecule has 1 aliphatic rings. The lowest BCUT2D eigenvalue weighted by molar-refractivity contribution is 0.387. The zero-order chi connectivity index (χ0) is 12.6. The van der Waals surface area contributed by atoms with Gasteiger partial charge in [-0.15, -0.1) is 0 Å². The standard InChI is InChI=1S/C12H18N2O3/c1-3-5-7-6-9(7)14-11(16)8(4-2)10(15)13-12(14)17/h7,9,16H,3-6H2,1-2H3,(H,13,15,17). The average molecular weight is 238 g/mol. The normalized spacial score (nSPS) is 22.7. The van der Waals surface area contributed by atoms with Gasteiger partial charge in [0.15, 0.2) is 0 Å². The van der Waals surface area contributed by atoms with Crippen LogP contribution in [0.1, 0.15) is 44.7 Å². The van der Waals surface area contributed by atoms with E-state index in [2.05, 4.69) is 11.9 Å². The van der Waals surface area contributed by atoms with Crippen molar-refractivity contribution < 1.29 is 5.11 Å². The smallest absolute Gasteiger partial charge is 0.331 e. The highest BCUT2D eigenvalue weighted by atomic mass is 16.3. The van der Waals surface area contributed by atoms with Crippen LogP contribution < -0.4 is 11.2 Å². The first kappa shape index (κ1) is 12.0. The molecule has 0 spiro atoms. The number of aromatic amines is 1. The van der Waals surface area contributed by atoms with E-state index >= 15 is 0 Å². The van der Waals surface area contributed by atoms with E-state index in [0.717, 1.165) is 19.3 Å². The Hall–Kier alpha value is -1.52. The summed E-state index contributed by atoms with van der Waals surface area (Å²) in [4.78, 5) is 25.4. The Morgan fingerprint density at radius 1 is 1.41 bits per heavy atom. The van der Waals surface area contributed by atoms with E-state index in [1.807, 2.05) is 0 Å². The van der Waals surface area contributed by atoms with Crippen molar-refractivity contribution in [3.8, 4) is 5.88 Å². The first-order chi connectivity index (χ1) is 8.10. The highest BCUT2D eigenvalue weighted by Crippen LogP contribution is 2.47. The van der Waals surface area contributed by atoms with Gasteiger partial charge in [0.25, 0.3) is 5.56 Å². The maximum atomic E-state index is 11.7. The number of aromatic nitrogens is 2. The fourth-order valence-electron chi connectivity index (χ4n) is 2.43. The number of H-pyrrole nitrogens is 1. The summed E-state index contributed by atoms with van der Waals surface area (Å²) in [5, 5.41) is 9.99.